The molecule has 0 N–H and O–H groups in total. The van der Waals surface area contributed by atoms with Gasteiger partial charge in [-0.2, -0.15) is 0 Å². The van der Waals surface area contributed by atoms with E-state index in [1.54, 1.807) is 12.0 Å². The first-order valence-electron chi connectivity index (χ1n) is 7.98. The number of rotatable bonds is 4. The molecule has 1 amide bonds. The SMILES string of the molecule is COc1ccccc1N1CCN(C(=O)c2cc(=O)c(OC)co2)CC1. The fourth-order valence-electron chi connectivity index (χ4n) is 2.86. The van der Waals surface area contributed by atoms with Crippen LogP contribution in [-0.4, -0.2) is 51.2 Å². The summed E-state index contributed by atoms with van der Waals surface area (Å²) >= 11 is 0. The average Bonchev–Trinajstić information content (AvgIpc) is 2.67. The van der Waals surface area contributed by atoms with Crippen LogP contribution in [0.15, 0.2) is 45.8 Å². The van der Waals surface area contributed by atoms with Gasteiger partial charge >= 0.3 is 0 Å². The predicted molar refractivity (Wildman–Crippen MR) is 92.6 cm³/mol. The number of amides is 1. The second-order valence-corrected chi connectivity index (χ2v) is 5.63. The number of nitrogens with zero attached hydrogens (tertiary/aromatic N) is 2. The maximum atomic E-state index is 12.5. The first-order chi connectivity index (χ1) is 12.1. The Bertz CT molecular complexity index is 809. The molecule has 1 aromatic carbocycles. The van der Waals surface area contributed by atoms with Gasteiger partial charge in [0, 0.05) is 32.2 Å². The monoisotopic (exact) mass is 344 g/mol. The van der Waals surface area contributed by atoms with Crippen LogP contribution >= 0.6 is 0 Å². The molecule has 0 aliphatic carbocycles. The fourth-order valence-corrected chi connectivity index (χ4v) is 2.86. The molecule has 0 radical (unpaired) electrons. The molecule has 1 aliphatic heterocycles. The lowest BCUT2D eigenvalue weighted by molar-refractivity contribution is 0.0711. The largest absolute Gasteiger partial charge is 0.495 e. The zero-order valence-electron chi connectivity index (χ0n) is 14.2. The van der Waals surface area contributed by atoms with E-state index in [1.807, 2.05) is 24.3 Å². The minimum Gasteiger partial charge on any atom is -0.495 e. The molecule has 132 valence electrons. The number of carbonyl (C=O) groups excluding carboxylic acids is 1. The van der Waals surface area contributed by atoms with Gasteiger partial charge in [0.15, 0.2) is 5.76 Å². The summed E-state index contributed by atoms with van der Waals surface area (Å²) in [5.74, 6) is 0.622. The Morgan fingerprint density at radius 2 is 1.72 bits per heavy atom. The fraction of sp³-hybridized carbons (Fsp3) is 0.333. The summed E-state index contributed by atoms with van der Waals surface area (Å²) in [4.78, 5) is 28.2. The summed E-state index contributed by atoms with van der Waals surface area (Å²) in [6.07, 6.45) is 1.17. The summed E-state index contributed by atoms with van der Waals surface area (Å²) < 4.78 is 15.5. The van der Waals surface area contributed by atoms with Crippen LogP contribution in [0.3, 0.4) is 0 Å². The van der Waals surface area contributed by atoms with E-state index in [2.05, 4.69) is 4.90 Å². The first kappa shape index (κ1) is 16.9. The zero-order chi connectivity index (χ0) is 17.8. The Labute approximate surface area is 145 Å². The molecule has 25 heavy (non-hydrogen) atoms. The van der Waals surface area contributed by atoms with Crippen LogP contribution in [0.4, 0.5) is 5.69 Å². The van der Waals surface area contributed by atoms with Gasteiger partial charge in [-0.05, 0) is 12.1 Å². The van der Waals surface area contributed by atoms with Crippen molar-refractivity contribution in [3.8, 4) is 11.5 Å². The average molecular weight is 344 g/mol. The number of hydrogen-bond donors (Lipinski definition) is 0. The van der Waals surface area contributed by atoms with Crippen LogP contribution in [0.1, 0.15) is 10.6 Å². The standard InChI is InChI=1S/C18H20N2O5/c1-23-15-6-4-3-5-13(15)19-7-9-20(10-8-19)18(22)16-11-14(21)17(24-2)12-25-16/h3-6,11-12H,7-10H2,1-2H3. The van der Waals surface area contributed by atoms with E-state index in [4.69, 9.17) is 13.9 Å². The van der Waals surface area contributed by atoms with Crippen molar-refractivity contribution < 1.29 is 18.7 Å². The molecule has 7 heteroatoms. The molecule has 0 unspecified atom stereocenters. The molecule has 2 heterocycles. The van der Waals surface area contributed by atoms with E-state index < -0.39 is 0 Å². The van der Waals surface area contributed by atoms with Gasteiger partial charge in [0.05, 0.1) is 19.9 Å². The third-order valence-corrected chi connectivity index (χ3v) is 4.22. The quantitative estimate of drug-likeness (QED) is 0.839. The van der Waals surface area contributed by atoms with Crippen molar-refractivity contribution in [1.29, 1.82) is 0 Å². The lowest BCUT2D eigenvalue weighted by Gasteiger charge is -2.36. The highest BCUT2D eigenvalue weighted by Gasteiger charge is 2.25. The third-order valence-electron chi connectivity index (χ3n) is 4.22. The van der Waals surface area contributed by atoms with Crippen LogP contribution in [0, 0.1) is 0 Å². The van der Waals surface area contributed by atoms with Gasteiger partial charge in [-0.3, -0.25) is 9.59 Å². The second kappa shape index (κ2) is 7.29. The lowest BCUT2D eigenvalue weighted by atomic mass is 10.2. The molecule has 0 atom stereocenters. The van der Waals surface area contributed by atoms with Gasteiger partial charge in [-0.15, -0.1) is 0 Å². The smallest absolute Gasteiger partial charge is 0.289 e. The van der Waals surface area contributed by atoms with Crippen molar-refractivity contribution >= 4 is 11.6 Å². The Kier molecular flexibility index (Phi) is 4.92. The molecule has 0 saturated carbocycles. The van der Waals surface area contributed by atoms with E-state index in [0.29, 0.717) is 26.2 Å². The van der Waals surface area contributed by atoms with Crippen LogP contribution < -0.4 is 19.8 Å². The molecule has 1 aromatic heterocycles. The maximum Gasteiger partial charge on any atom is 0.289 e. The van der Waals surface area contributed by atoms with E-state index >= 15 is 0 Å². The molecule has 2 aromatic rings. The molecular formula is C18H20N2O5. The molecule has 7 nitrogen and oxygen atoms in total. The molecule has 0 bridgehead atoms. The Morgan fingerprint density at radius 1 is 1.04 bits per heavy atom. The molecule has 3 rings (SSSR count). The number of piperazine rings is 1. The van der Waals surface area contributed by atoms with Crippen molar-refractivity contribution in [2.75, 3.05) is 45.3 Å². The van der Waals surface area contributed by atoms with Crippen LogP contribution in [-0.2, 0) is 0 Å². The Hall–Kier alpha value is -2.96. The number of anilines is 1. The summed E-state index contributed by atoms with van der Waals surface area (Å²) in [6, 6.07) is 8.97. The summed E-state index contributed by atoms with van der Waals surface area (Å²) in [6.45, 7) is 2.41. The van der Waals surface area contributed by atoms with Crippen LogP contribution in [0.5, 0.6) is 11.5 Å². The van der Waals surface area contributed by atoms with Crippen molar-refractivity contribution in [3.05, 3.63) is 52.6 Å². The van der Waals surface area contributed by atoms with Crippen LogP contribution in [0.25, 0.3) is 0 Å². The molecule has 1 aliphatic rings. The number of methoxy groups -OCH3 is 2. The molecular weight excluding hydrogens is 324 g/mol. The lowest BCUT2D eigenvalue weighted by Crippen LogP contribution is -2.49. The topological polar surface area (TPSA) is 72.2 Å². The summed E-state index contributed by atoms with van der Waals surface area (Å²) in [7, 11) is 3.02. The van der Waals surface area contributed by atoms with Gasteiger partial charge in [-0.25, -0.2) is 0 Å². The number of para-hydroxylation sites is 2. The van der Waals surface area contributed by atoms with E-state index in [-0.39, 0.29) is 22.8 Å². The van der Waals surface area contributed by atoms with Gasteiger partial charge in [0.1, 0.15) is 12.0 Å². The minimum absolute atomic E-state index is 0.0246. The first-order valence-corrected chi connectivity index (χ1v) is 7.98. The zero-order valence-corrected chi connectivity index (χ0v) is 14.2. The molecule has 0 spiro atoms. The van der Waals surface area contributed by atoms with Gasteiger partial charge in [0.2, 0.25) is 11.2 Å². The van der Waals surface area contributed by atoms with Gasteiger partial charge < -0.3 is 23.7 Å². The maximum absolute atomic E-state index is 12.5. The van der Waals surface area contributed by atoms with Gasteiger partial charge in [-0.1, -0.05) is 12.1 Å². The predicted octanol–water partition coefficient (Wildman–Crippen LogP) is 1.62. The Morgan fingerprint density at radius 3 is 2.36 bits per heavy atom. The molecule has 1 saturated heterocycles. The number of hydrogen-bond acceptors (Lipinski definition) is 6. The summed E-state index contributed by atoms with van der Waals surface area (Å²) in [5, 5.41) is 0. The normalized spacial score (nSPS) is 14.3. The van der Waals surface area contributed by atoms with Crippen molar-refractivity contribution in [2.45, 2.75) is 0 Å². The highest BCUT2D eigenvalue weighted by Crippen LogP contribution is 2.28. The third kappa shape index (κ3) is 3.45. The van der Waals surface area contributed by atoms with Gasteiger partial charge in [0.25, 0.3) is 5.91 Å². The number of carbonyl (C=O) groups is 1. The van der Waals surface area contributed by atoms with Crippen LogP contribution in [0.2, 0.25) is 0 Å². The minimum atomic E-state index is -0.371. The van der Waals surface area contributed by atoms with E-state index in [9.17, 15) is 9.59 Å². The summed E-state index contributed by atoms with van der Waals surface area (Å²) in [5.41, 5.74) is 0.637. The second-order valence-electron chi connectivity index (χ2n) is 5.63. The Balaban J connectivity index is 1.68. The highest BCUT2D eigenvalue weighted by molar-refractivity contribution is 5.91. The number of benzene rings is 1. The van der Waals surface area contributed by atoms with E-state index in [0.717, 1.165) is 11.4 Å². The van der Waals surface area contributed by atoms with E-state index in [1.165, 1.54) is 19.4 Å². The van der Waals surface area contributed by atoms with Crippen molar-refractivity contribution in [1.82, 2.24) is 4.90 Å². The van der Waals surface area contributed by atoms with Crippen molar-refractivity contribution in [3.63, 3.8) is 0 Å². The number of ether oxygens (including phenoxy) is 2. The molecule has 1 fully saturated rings. The van der Waals surface area contributed by atoms with Crippen molar-refractivity contribution in [2.24, 2.45) is 0 Å². The highest BCUT2D eigenvalue weighted by atomic mass is 16.5.